The number of nitriles is 1. The van der Waals surface area contributed by atoms with Crippen LogP contribution in [-0.2, 0) is 0 Å². The van der Waals surface area contributed by atoms with Crippen LogP contribution in [0.25, 0.3) is 0 Å². The molecule has 1 aliphatic heterocycles. The van der Waals surface area contributed by atoms with Crippen molar-refractivity contribution < 1.29 is 0 Å². The molecule has 112 valence electrons. The summed E-state index contributed by atoms with van der Waals surface area (Å²) < 4.78 is 1.02. The first-order valence-electron chi connectivity index (χ1n) is 5.99. The average Bonchev–Trinajstić information content (AvgIpc) is 2.40. The van der Waals surface area contributed by atoms with Crippen LogP contribution in [0.2, 0.25) is 5.02 Å². The fraction of sp³-hybridized carbons (Fsp3) is 0.462. The van der Waals surface area contributed by atoms with Gasteiger partial charge in [0, 0.05) is 41.7 Å². The van der Waals surface area contributed by atoms with Gasteiger partial charge in [0.2, 0.25) is 0 Å². The molecule has 1 heterocycles. The lowest BCUT2D eigenvalue weighted by molar-refractivity contribution is 0.175. The minimum absolute atomic E-state index is 0. The van der Waals surface area contributed by atoms with E-state index in [1.807, 2.05) is 18.2 Å². The number of hydrogen-bond donors (Lipinski definition) is 1. The molecule has 0 radical (unpaired) electrons. The number of rotatable bonds is 3. The van der Waals surface area contributed by atoms with E-state index in [0.717, 1.165) is 36.2 Å². The third-order valence-corrected chi connectivity index (χ3v) is 4.15. The van der Waals surface area contributed by atoms with Gasteiger partial charge in [0.05, 0.1) is 12.5 Å². The van der Waals surface area contributed by atoms with Crippen LogP contribution in [0.15, 0.2) is 22.7 Å². The van der Waals surface area contributed by atoms with E-state index < -0.39 is 0 Å². The van der Waals surface area contributed by atoms with E-state index in [1.54, 1.807) is 0 Å². The number of piperazine rings is 1. The van der Waals surface area contributed by atoms with E-state index >= 15 is 0 Å². The fourth-order valence-corrected chi connectivity index (χ4v) is 2.98. The topological polar surface area (TPSA) is 39.1 Å². The molecule has 0 saturated carbocycles. The molecular weight excluding hydrogens is 384 g/mol. The van der Waals surface area contributed by atoms with E-state index in [2.05, 4.69) is 32.2 Å². The molecule has 1 aromatic rings. The Kier molecular flexibility index (Phi) is 9.82. The maximum absolute atomic E-state index is 9.05. The Morgan fingerprint density at radius 1 is 1.35 bits per heavy atom. The second kappa shape index (κ2) is 9.83. The van der Waals surface area contributed by atoms with Crippen LogP contribution in [0.1, 0.15) is 18.0 Å². The SMILES string of the molecule is Cl.Cl.N#CC[C@@H](c1cc(Cl)ccc1Br)N1CCNCC1. The number of nitrogens with zero attached hydrogens (tertiary/aromatic N) is 2. The molecule has 0 aliphatic carbocycles. The Morgan fingerprint density at radius 2 is 2.00 bits per heavy atom. The minimum Gasteiger partial charge on any atom is -0.314 e. The maximum Gasteiger partial charge on any atom is 0.0641 e. The zero-order valence-corrected chi connectivity index (χ0v) is 14.8. The predicted molar refractivity (Wildman–Crippen MR) is 91.1 cm³/mol. The zero-order chi connectivity index (χ0) is 13.0. The molecule has 1 fully saturated rings. The first kappa shape index (κ1) is 20.0. The van der Waals surface area contributed by atoms with Crippen LogP contribution in [0, 0.1) is 11.3 Å². The minimum atomic E-state index is 0. The second-order valence-corrected chi connectivity index (χ2v) is 5.62. The van der Waals surface area contributed by atoms with Crippen molar-refractivity contribution in [2.24, 2.45) is 0 Å². The highest BCUT2D eigenvalue weighted by Crippen LogP contribution is 2.32. The summed E-state index contributed by atoms with van der Waals surface area (Å²) in [5.41, 5.74) is 1.10. The predicted octanol–water partition coefficient (Wildman–Crippen LogP) is 3.81. The molecule has 3 nitrogen and oxygen atoms in total. The van der Waals surface area contributed by atoms with Crippen LogP contribution in [0.5, 0.6) is 0 Å². The van der Waals surface area contributed by atoms with E-state index in [-0.39, 0.29) is 30.9 Å². The summed E-state index contributed by atoms with van der Waals surface area (Å²) in [6.45, 7) is 3.87. The van der Waals surface area contributed by atoms with Crippen molar-refractivity contribution in [3.05, 3.63) is 33.3 Å². The molecule has 1 atom stereocenters. The molecule has 7 heteroatoms. The molecule has 1 N–H and O–H groups in total. The lowest BCUT2D eigenvalue weighted by Crippen LogP contribution is -2.45. The summed E-state index contributed by atoms with van der Waals surface area (Å²) in [6, 6.07) is 8.16. The van der Waals surface area contributed by atoms with Gasteiger partial charge in [0.25, 0.3) is 0 Å². The zero-order valence-electron chi connectivity index (χ0n) is 10.8. The molecule has 1 aromatic carbocycles. The average molecular weight is 402 g/mol. The normalized spacial score (nSPS) is 16.4. The molecule has 0 unspecified atom stereocenters. The fourth-order valence-electron chi connectivity index (χ4n) is 2.29. The van der Waals surface area contributed by atoms with Gasteiger partial charge in [-0.2, -0.15) is 5.26 Å². The van der Waals surface area contributed by atoms with Gasteiger partial charge in [-0.05, 0) is 23.8 Å². The molecule has 2 rings (SSSR count). The molecule has 1 saturated heterocycles. The van der Waals surface area contributed by atoms with Crippen LogP contribution in [-0.4, -0.2) is 31.1 Å². The summed E-state index contributed by atoms with van der Waals surface area (Å²) in [5, 5.41) is 13.1. The van der Waals surface area contributed by atoms with Crippen LogP contribution in [0.4, 0.5) is 0 Å². The number of hydrogen-bond acceptors (Lipinski definition) is 3. The number of benzene rings is 1. The van der Waals surface area contributed by atoms with E-state index in [4.69, 9.17) is 16.9 Å². The van der Waals surface area contributed by atoms with E-state index in [1.165, 1.54) is 0 Å². The van der Waals surface area contributed by atoms with Crippen LogP contribution in [0.3, 0.4) is 0 Å². The summed E-state index contributed by atoms with van der Waals surface area (Å²) in [4.78, 5) is 2.34. The quantitative estimate of drug-likeness (QED) is 0.837. The van der Waals surface area contributed by atoms with Gasteiger partial charge in [0.1, 0.15) is 0 Å². The molecule has 1 aliphatic rings. The molecule has 0 amide bonds. The number of halogens is 4. The maximum atomic E-state index is 9.05. The van der Waals surface area contributed by atoms with Crippen LogP contribution < -0.4 is 5.32 Å². The molecule has 0 aromatic heterocycles. The standard InChI is InChI=1S/C13H15BrClN3.2ClH/c14-12-2-1-10(15)9-11(12)13(3-4-16)18-7-5-17-6-8-18;;/h1-2,9,13,17H,3,5-8H2;2*1H/t13-;;/m0../s1. The summed E-state index contributed by atoms with van der Waals surface area (Å²) in [7, 11) is 0. The van der Waals surface area contributed by atoms with E-state index in [9.17, 15) is 0 Å². The van der Waals surface area contributed by atoms with Crippen molar-refractivity contribution in [1.82, 2.24) is 10.2 Å². The lowest BCUT2D eigenvalue weighted by atomic mass is 10.0. The highest BCUT2D eigenvalue weighted by Gasteiger charge is 2.23. The van der Waals surface area contributed by atoms with Crippen molar-refractivity contribution in [2.75, 3.05) is 26.2 Å². The smallest absolute Gasteiger partial charge is 0.0641 e. The van der Waals surface area contributed by atoms with Gasteiger partial charge < -0.3 is 5.32 Å². The van der Waals surface area contributed by atoms with Crippen molar-refractivity contribution in [1.29, 1.82) is 5.26 Å². The second-order valence-electron chi connectivity index (χ2n) is 4.33. The van der Waals surface area contributed by atoms with Gasteiger partial charge in [-0.15, -0.1) is 24.8 Å². The lowest BCUT2D eigenvalue weighted by Gasteiger charge is -2.34. The first-order valence-corrected chi connectivity index (χ1v) is 7.16. The van der Waals surface area contributed by atoms with Crippen molar-refractivity contribution in [3.63, 3.8) is 0 Å². The Hall–Kier alpha value is -0.0200. The van der Waals surface area contributed by atoms with Gasteiger partial charge >= 0.3 is 0 Å². The number of nitrogens with one attached hydrogen (secondary N) is 1. The summed E-state index contributed by atoms with van der Waals surface area (Å²) in [5.74, 6) is 0. The third kappa shape index (κ3) is 5.07. The highest BCUT2D eigenvalue weighted by molar-refractivity contribution is 9.10. The van der Waals surface area contributed by atoms with Gasteiger partial charge in [-0.1, -0.05) is 27.5 Å². The third-order valence-electron chi connectivity index (χ3n) is 3.19. The Morgan fingerprint density at radius 3 is 2.60 bits per heavy atom. The highest BCUT2D eigenvalue weighted by atomic mass is 79.9. The molecule has 0 bridgehead atoms. The van der Waals surface area contributed by atoms with Crippen molar-refractivity contribution in [2.45, 2.75) is 12.5 Å². The first-order chi connectivity index (χ1) is 8.72. The largest absolute Gasteiger partial charge is 0.314 e. The van der Waals surface area contributed by atoms with Gasteiger partial charge in [0.15, 0.2) is 0 Å². The van der Waals surface area contributed by atoms with Gasteiger partial charge in [-0.3, -0.25) is 4.90 Å². The summed E-state index contributed by atoms with van der Waals surface area (Å²) in [6.07, 6.45) is 0.485. The van der Waals surface area contributed by atoms with Crippen molar-refractivity contribution >= 4 is 52.3 Å². The van der Waals surface area contributed by atoms with Crippen LogP contribution >= 0.6 is 52.3 Å². The molecule has 20 heavy (non-hydrogen) atoms. The monoisotopic (exact) mass is 399 g/mol. The van der Waals surface area contributed by atoms with E-state index in [0.29, 0.717) is 11.4 Å². The molecular formula is C13H17BrCl3N3. The molecule has 0 spiro atoms. The Balaban J connectivity index is 0.00000180. The van der Waals surface area contributed by atoms with Crippen molar-refractivity contribution in [3.8, 4) is 6.07 Å². The van der Waals surface area contributed by atoms with Gasteiger partial charge in [-0.25, -0.2) is 0 Å². The Labute approximate surface area is 145 Å². The Bertz CT molecular complexity index is 459. The summed E-state index contributed by atoms with van der Waals surface area (Å²) >= 11 is 9.62.